The van der Waals surface area contributed by atoms with E-state index in [0.717, 1.165) is 12.8 Å². The van der Waals surface area contributed by atoms with Gasteiger partial charge in [-0.05, 0) is 36.5 Å². The maximum absolute atomic E-state index is 10.9. The molecule has 1 heterocycles. The lowest BCUT2D eigenvalue weighted by Crippen LogP contribution is -2.31. The van der Waals surface area contributed by atoms with E-state index >= 15 is 0 Å². The molecule has 0 radical (unpaired) electrons. The normalized spacial score (nSPS) is 20.5. The molecule has 96 valence electrons. The molecule has 1 aliphatic carbocycles. The van der Waals surface area contributed by atoms with Crippen LogP contribution in [-0.4, -0.2) is 23.0 Å². The highest BCUT2D eigenvalue weighted by Crippen LogP contribution is 2.49. The Bertz CT molecular complexity index is 494. The van der Waals surface area contributed by atoms with Crippen LogP contribution in [0, 0.1) is 5.92 Å². The number of aliphatic carboxylic acids is 1. The smallest absolute Gasteiger partial charge is 0.306 e. The van der Waals surface area contributed by atoms with E-state index in [-0.39, 0.29) is 19.1 Å². The van der Waals surface area contributed by atoms with Crippen LogP contribution in [0.15, 0.2) is 18.2 Å². The van der Waals surface area contributed by atoms with Gasteiger partial charge in [-0.1, -0.05) is 6.07 Å². The summed E-state index contributed by atoms with van der Waals surface area (Å²) in [5.41, 5.74) is -0.705. The third-order valence-corrected chi connectivity index (χ3v) is 3.55. The number of carbonyl (C=O) groups is 1. The van der Waals surface area contributed by atoms with E-state index in [4.69, 9.17) is 14.6 Å². The van der Waals surface area contributed by atoms with Crippen LogP contribution in [0.25, 0.3) is 0 Å². The van der Waals surface area contributed by atoms with Crippen LogP contribution in [0.4, 0.5) is 0 Å². The van der Waals surface area contributed by atoms with E-state index < -0.39 is 11.6 Å². The number of carboxylic acids is 1. The Hall–Kier alpha value is -1.75. The van der Waals surface area contributed by atoms with E-state index in [1.807, 2.05) is 0 Å². The Balaban J connectivity index is 1.97. The number of hydrogen-bond acceptors (Lipinski definition) is 4. The van der Waals surface area contributed by atoms with Crippen molar-refractivity contribution in [2.75, 3.05) is 6.79 Å². The Morgan fingerprint density at radius 2 is 2.06 bits per heavy atom. The first kappa shape index (κ1) is 11.3. The second kappa shape index (κ2) is 3.88. The topological polar surface area (TPSA) is 76.0 Å². The van der Waals surface area contributed by atoms with Crippen LogP contribution >= 0.6 is 0 Å². The minimum Gasteiger partial charge on any atom is -0.481 e. The van der Waals surface area contributed by atoms with E-state index in [1.165, 1.54) is 0 Å². The standard InChI is InChI=1S/C13H14O5/c14-12(15)6-13(16,8-1-2-8)9-3-4-10-11(5-9)18-7-17-10/h3-5,8,16H,1-2,6-7H2,(H,14,15). The average molecular weight is 250 g/mol. The third-order valence-electron chi connectivity index (χ3n) is 3.55. The first-order chi connectivity index (χ1) is 8.59. The fourth-order valence-corrected chi connectivity index (χ4v) is 2.44. The van der Waals surface area contributed by atoms with Gasteiger partial charge in [0, 0.05) is 0 Å². The predicted molar refractivity (Wildman–Crippen MR) is 61.4 cm³/mol. The fourth-order valence-electron chi connectivity index (χ4n) is 2.44. The zero-order chi connectivity index (χ0) is 12.8. The predicted octanol–water partition coefficient (Wildman–Crippen LogP) is 1.49. The zero-order valence-corrected chi connectivity index (χ0v) is 9.76. The van der Waals surface area contributed by atoms with Gasteiger partial charge in [0.25, 0.3) is 0 Å². The SMILES string of the molecule is O=C(O)CC(O)(c1ccc2c(c1)OCO2)C1CC1. The molecule has 3 rings (SSSR count). The Morgan fingerprint density at radius 1 is 1.33 bits per heavy atom. The minimum absolute atomic E-state index is 0.0222. The Kier molecular flexibility index (Phi) is 2.45. The van der Waals surface area contributed by atoms with Crippen molar-refractivity contribution in [3.8, 4) is 11.5 Å². The van der Waals surface area contributed by atoms with Gasteiger partial charge in [-0.15, -0.1) is 0 Å². The number of fused-ring (bicyclic) bond motifs is 1. The summed E-state index contributed by atoms with van der Waals surface area (Å²) in [5.74, 6) is 0.222. The molecule has 18 heavy (non-hydrogen) atoms. The van der Waals surface area contributed by atoms with Gasteiger partial charge < -0.3 is 19.7 Å². The summed E-state index contributed by atoms with van der Waals surface area (Å²) in [6.07, 6.45) is 1.44. The summed E-state index contributed by atoms with van der Waals surface area (Å²) in [4.78, 5) is 10.9. The number of benzene rings is 1. The molecule has 1 atom stereocenters. The van der Waals surface area contributed by atoms with Gasteiger partial charge in [-0.25, -0.2) is 0 Å². The highest BCUT2D eigenvalue weighted by atomic mass is 16.7. The van der Waals surface area contributed by atoms with Crippen molar-refractivity contribution in [2.45, 2.75) is 24.9 Å². The first-order valence-electron chi connectivity index (χ1n) is 5.94. The second-order valence-electron chi connectivity index (χ2n) is 4.84. The molecule has 0 aromatic heterocycles. The van der Waals surface area contributed by atoms with Crippen molar-refractivity contribution in [1.82, 2.24) is 0 Å². The summed E-state index contributed by atoms with van der Waals surface area (Å²) in [5, 5.41) is 19.6. The van der Waals surface area contributed by atoms with E-state index in [2.05, 4.69) is 0 Å². The summed E-state index contributed by atoms with van der Waals surface area (Å²) < 4.78 is 10.5. The van der Waals surface area contributed by atoms with E-state index in [0.29, 0.717) is 17.1 Å². The lowest BCUT2D eigenvalue weighted by atomic mass is 9.85. The lowest BCUT2D eigenvalue weighted by molar-refractivity contribution is -0.144. The summed E-state index contributed by atoms with van der Waals surface area (Å²) >= 11 is 0. The van der Waals surface area contributed by atoms with Crippen molar-refractivity contribution >= 4 is 5.97 Å². The van der Waals surface area contributed by atoms with Crippen molar-refractivity contribution in [3.63, 3.8) is 0 Å². The molecule has 0 saturated heterocycles. The van der Waals surface area contributed by atoms with Gasteiger partial charge in [0.05, 0.1) is 6.42 Å². The van der Waals surface area contributed by atoms with Crippen molar-refractivity contribution in [3.05, 3.63) is 23.8 Å². The zero-order valence-electron chi connectivity index (χ0n) is 9.76. The van der Waals surface area contributed by atoms with Gasteiger partial charge in [-0.2, -0.15) is 0 Å². The van der Waals surface area contributed by atoms with Crippen LogP contribution in [0.2, 0.25) is 0 Å². The molecule has 1 saturated carbocycles. The number of hydrogen-bond donors (Lipinski definition) is 2. The highest BCUT2D eigenvalue weighted by molar-refractivity contribution is 5.69. The van der Waals surface area contributed by atoms with Gasteiger partial charge in [0.1, 0.15) is 5.60 Å². The number of carboxylic acid groups (broad SMARTS) is 1. The van der Waals surface area contributed by atoms with Crippen molar-refractivity contribution in [1.29, 1.82) is 0 Å². The Labute approximate surface area is 104 Å². The number of aliphatic hydroxyl groups is 1. The van der Waals surface area contributed by atoms with Crippen LogP contribution < -0.4 is 9.47 Å². The van der Waals surface area contributed by atoms with Crippen LogP contribution in [0.5, 0.6) is 11.5 Å². The monoisotopic (exact) mass is 250 g/mol. The molecule has 0 amide bonds. The quantitative estimate of drug-likeness (QED) is 0.846. The minimum atomic E-state index is -1.30. The molecule has 5 heteroatoms. The first-order valence-corrected chi connectivity index (χ1v) is 5.94. The van der Waals surface area contributed by atoms with Gasteiger partial charge >= 0.3 is 5.97 Å². The molecule has 5 nitrogen and oxygen atoms in total. The molecular formula is C13H14O5. The molecule has 1 fully saturated rings. The summed E-state index contributed by atoms with van der Waals surface area (Å²) in [6, 6.07) is 5.12. The molecule has 2 N–H and O–H groups in total. The van der Waals surface area contributed by atoms with Crippen molar-refractivity contribution in [2.24, 2.45) is 5.92 Å². The maximum Gasteiger partial charge on any atom is 0.306 e. The van der Waals surface area contributed by atoms with Crippen molar-refractivity contribution < 1.29 is 24.5 Å². The van der Waals surface area contributed by atoms with Gasteiger partial charge in [0.15, 0.2) is 11.5 Å². The number of rotatable bonds is 4. The van der Waals surface area contributed by atoms with Crippen LogP contribution in [-0.2, 0) is 10.4 Å². The Morgan fingerprint density at radius 3 is 2.72 bits per heavy atom. The highest BCUT2D eigenvalue weighted by Gasteiger charge is 2.47. The second-order valence-corrected chi connectivity index (χ2v) is 4.84. The van der Waals surface area contributed by atoms with Gasteiger partial charge in [-0.3, -0.25) is 4.79 Å². The maximum atomic E-state index is 10.9. The molecule has 0 spiro atoms. The van der Waals surface area contributed by atoms with E-state index in [9.17, 15) is 9.90 Å². The summed E-state index contributed by atoms with van der Waals surface area (Å²) in [7, 11) is 0. The summed E-state index contributed by atoms with van der Waals surface area (Å²) in [6.45, 7) is 0.166. The lowest BCUT2D eigenvalue weighted by Gasteiger charge is -2.27. The molecular weight excluding hydrogens is 236 g/mol. The average Bonchev–Trinajstić information content (AvgIpc) is 3.07. The molecule has 1 unspecified atom stereocenters. The molecule has 1 aliphatic heterocycles. The fraction of sp³-hybridized carbons (Fsp3) is 0.462. The number of ether oxygens (including phenoxy) is 2. The van der Waals surface area contributed by atoms with Crippen LogP contribution in [0.3, 0.4) is 0 Å². The van der Waals surface area contributed by atoms with Crippen LogP contribution in [0.1, 0.15) is 24.8 Å². The largest absolute Gasteiger partial charge is 0.481 e. The molecule has 1 aromatic carbocycles. The molecule has 2 aliphatic rings. The van der Waals surface area contributed by atoms with E-state index in [1.54, 1.807) is 18.2 Å². The van der Waals surface area contributed by atoms with Gasteiger partial charge in [0.2, 0.25) is 6.79 Å². The third kappa shape index (κ3) is 1.80. The molecule has 1 aromatic rings. The molecule has 0 bridgehead atoms.